The van der Waals surface area contributed by atoms with E-state index in [2.05, 4.69) is 10.6 Å². The second-order valence-corrected chi connectivity index (χ2v) is 6.59. The lowest BCUT2D eigenvalue weighted by molar-refractivity contribution is -0.387. The zero-order valence-electron chi connectivity index (χ0n) is 16.0. The lowest BCUT2D eigenvalue weighted by Gasteiger charge is -2.21. The number of halogens is 1. The smallest absolute Gasteiger partial charge is 0.326 e. The first-order valence-corrected chi connectivity index (χ1v) is 8.94. The molecular weight excluding hydrogens is 397 g/mol. The van der Waals surface area contributed by atoms with Crippen LogP contribution in [0.3, 0.4) is 0 Å². The Morgan fingerprint density at radius 2 is 1.67 bits per heavy atom. The minimum atomic E-state index is -1.44. The Balaban J connectivity index is 2.17. The molecule has 0 aliphatic rings. The highest BCUT2D eigenvalue weighted by molar-refractivity contribution is 5.90. The lowest BCUT2D eigenvalue weighted by Crippen LogP contribution is -2.52. The first-order chi connectivity index (χ1) is 14.2. The van der Waals surface area contributed by atoms with E-state index in [0.29, 0.717) is 0 Å². The number of hydrogen-bond donors (Lipinski definition) is 3. The van der Waals surface area contributed by atoms with E-state index in [4.69, 9.17) is 0 Å². The van der Waals surface area contributed by atoms with E-state index in [0.717, 1.165) is 17.7 Å². The highest BCUT2D eigenvalue weighted by atomic mass is 19.1. The number of nitro groups is 1. The van der Waals surface area contributed by atoms with Crippen molar-refractivity contribution in [2.45, 2.75) is 31.8 Å². The number of nitrogens with one attached hydrogen (secondary N) is 2. The van der Waals surface area contributed by atoms with Gasteiger partial charge in [0, 0.05) is 25.8 Å². The summed E-state index contributed by atoms with van der Waals surface area (Å²) in [6.07, 6.45) is -0.166. The minimum Gasteiger partial charge on any atom is -0.480 e. The van der Waals surface area contributed by atoms with Gasteiger partial charge in [0.25, 0.3) is 0 Å². The number of benzene rings is 2. The second-order valence-electron chi connectivity index (χ2n) is 6.59. The number of carboxylic acid groups (broad SMARTS) is 1. The summed E-state index contributed by atoms with van der Waals surface area (Å²) in [5.41, 5.74) is 0.130. The van der Waals surface area contributed by atoms with Crippen molar-refractivity contribution in [2.24, 2.45) is 0 Å². The number of nitrogens with zero attached hydrogens (tertiary/aromatic N) is 1. The molecule has 3 N–H and O–H groups in total. The second kappa shape index (κ2) is 10.1. The van der Waals surface area contributed by atoms with Crippen LogP contribution < -0.4 is 10.6 Å². The molecule has 2 aromatic rings. The van der Waals surface area contributed by atoms with Crippen LogP contribution in [-0.4, -0.2) is 39.9 Å². The van der Waals surface area contributed by atoms with Gasteiger partial charge < -0.3 is 15.7 Å². The topological polar surface area (TPSA) is 139 Å². The van der Waals surface area contributed by atoms with Crippen LogP contribution in [0.2, 0.25) is 0 Å². The average Bonchev–Trinajstić information content (AvgIpc) is 2.68. The number of carbonyl (C=O) groups excluding carboxylic acids is 2. The molecule has 0 aliphatic heterocycles. The number of aliphatic carboxylic acids is 1. The third kappa shape index (κ3) is 6.36. The van der Waals surface area contributed by atoms with E-state index in [1.54, 1.807) is 30.3 Å². The monoisotopic (exact) mass is 417 g/mol. The number of rotatable bonds is 9. The maximum absolute atomic E-state index is 13.5. The molecule has 0 radical (unpaired) electrons. The summed E-state index contributed by atoms with van der Waals surface area (Å²) in [5.74, 6) is -3.62. The summed E-state index contributed by atoms with van der Waals surface area (Å²) >= 11 is 0. The van der Waals surface area contributed by atoms with E-state index in [9.17, 15) is 34.0 Å². The zero-order valence-corrected chi connectivity index (χ0v) is 16.0. The fourth-order valence-electron chi connectivity index (χ4n) is 2.84. The molecule has 2 amide bonds. The van der Waals surface area contributed by atoms with E-state index in [1.807, 2.05) is 0 Å². The van der Waals surface area contributed by atoms with Gasteiger partial charge in [-0.25, -0.2) is 4.79 Å². The Labute approximate surface area is 171 Å². The summed E-state index contributed by atoms with van der Waals surface area (Å²) in [5, 5.41) is 25.2. The van der Waals surface area contributed by atoms with E-state index in [-0.39, 0.29) is 18.4 Å². The standard InChI is InChI=1S/C20H20FN3O6/c1-12(25)22-16(9-13-5-3-2-4-6-13)19(26)23-17(20(27)28)10-14-7-8-15(21)18(11-14)24(29)30/h2-8,11,16-17H,9-10H2,1H3,(H,22,25)(H,23,26)(H,27,28)/t16-,17-/m0/s1. The molecular formula is C20H20FN3O6. The third-order valence-corrected chi connectivity index (χ3v) is 4.24. The van der Waals surface area contributed by atoms with Crippen molar-refractivity contribution in [3.05, 3.63) is 75.6 Å². The molecule has 0 saturated heterocycles. The van der Waals surface area contributed by atoms with E-state index in [1.165, 1.54) is 13.0 Å². The van der Waals surface area contributed by atoms with Crippen LogP contribution >= 0.6 is 0 Å². The summed E-state index contributed by atoms with van der Waals surface area (Å²) in [6, 6.07) is 9.38. The Morgan fingerprint density at radius 3 is 2.23 bits per heavy atom. The first-order valence-electron chi connectivity index (χ1n) is 8.94. The Morgan fingerprint density at radius 1 is 1.03 bits per heavy atom. The van der Waals surface area contributed by atoms with Gasteiger partial charge in [0.15, 0.2) is 0 Å². The Hall–Kier alpha value is -3.82. The van der Waals surface area contributed by atoms with Crippen LogP contribution in [0.5, 0.6) is 0 Å². The fourth-order valence-corrected chi connectivity index (χ4v) is 2.84. The molecule has 9 nitrogen and oxygen atoms in total. The molecule has 0 aromatic heterocycles. The largest absolute Gasteiger partial charge is 0.480 e. The summed E-state index contributed by atoms with van der Waals surface area (Å²) < 4.78 is 13.5. The molecule has 0 saturated carbocycles. The Bertz CT molecular complexity index is 951. The van der Waals surface area contributed by atoms with Crippen molar-refractivity contribution < 1.29 is 28.8 Å². The Kier molecular flexibility index (Phi) is 7.56. The number of carbonyl (C=O) groups is 3. The molecule has 2 rings (SSSR count). The van der Waals surface area contributed by atoms with Gasteiger partial charge in [-0.15, -0.1) is 0 Å². The summed E-state index contributed by atoms with van der Waals surface area (Å²) in [4.78, 5) is 45.7. The van der Waals surface area contributed by atoms with Crippen molar-refractivity contribution in [1.82, 2.24) is 10.6 Å². The summed E-state index contributed by atoms with van der Waals surface area (Å²) in [6.45, 7) is 1.23. The quantitative estimate of drug-likeness (QED) is 0.418. The van der Waals surface area contributed by atoms with Crippen molar-refractivity contribution in [3.63, 3.8) is 0 Å². The summed E-state index contributed by atoms with van der Waals surface area (Å²) in [7, 11) is 0. The van der Waals surface area contributed by atoms with Gasteiger partial charge >= 0.3 is 11.7 Å². The number of hydrogen-bond acceptors (Lipinski definition) is 5. The molecule has 0 bridgehead atoms. The molecule has 10 heteroatoms. The van der Waals surface area contributed by atoms with Crippen LogP contribution in [0.15, 0.2) is 48.5 Å². The van der Waals surface area contributed by atoms with Crippen molar-refractivity contribution in [2.75, 3.05) is 0 Å². The van der Waals surface area contributed by atoms with Gasteiger partial charge in [-0.1, -0.05) is 36.4 Å². The van der Waals surface area contributed by atoms with Crippen LogP contribution in [0.25, 0.3) is 0 Å². The predicted octanol–water partition coefficient (Wildman–Crippen LogP) is 1.59. The molecule has 2 atom stereocenters. The highest BCUT2D eigenvalue weighted by Gasteiger charge is 2.27. The van der Waals surface area contributed by atoms with Crippen molar-refractivity contribution in [1.29, 1.82) is 0 Å². The van der Waals surface area contributed by atoms with E-state index >= 15 is 0 Å². The number of amides is 2. The molecule has 0 heterocycles. The van der Waals surface area contributed by atoms with Crippen LogP contribution in [-0.2, 0) is 27.2 Å². The molecule has 0 aliphatic carbocycles. The molecule has 0 spiro atoms. The molecule has 158 valence electrons. The van der Waals surface area contributed by atoms with Crippen LogP contribution in [0, 0.1) is 15.9 Å². The van der Waals surface area contributed by atoms with Crippen LogP contribution in [0.1, 0.15) is 18.1 Å². The molecule has 0 fully saturated rings. The van der Waals surface area contributed by atoms with Crippen molar-refractivity contribution >= 4 is 23.5 Å². The van der Waals surface area contributed by atoms with Gasteiger partial charge in [-0.2, -0.15) is 4.39 Å². The molecule has 0 unspecified atom stereocenters. The van der Waals surface area contributed by atoms with Gasteiger partial charge in [0.2, 0.25) is 17.6 Å². The SMILES string of the molecule is CC(=O)N[C@@H](Cc1ccccc1)C(=O)N[C@@H](Cc1ccc(F)c([N+](=O)[O-])c1)C(=O)O. The minimum absolute atomic E-state index is 0.139. The van der Waals surface area contributed by atoms with Crippen LogP contribution in [0.4, 0.5) is 10.1 Å². The number of nitro benzene ring substituents is 1. The van der Waals surface area contributed by atoms with E-state index < -0.39 is 46.3 Å². The number of carboxylic acids is 1. The zero-order chi connectivity index (χ0) is 22.3. The fraction of sp³-hybridized carbons (Fsp3) is 0.250. The van der Waals surface area contributed by atoms with Gasteiger partial charge in [0.05, 0.1) is 4.92 Å². The first kappa shape index (κ1) is 22.5. The van der Waals surface area contributed by atoms with Crippen molar-refractivity contribution in [3.8, 4) is 0 Å². The maximum Gasteiger partial charge on any atom is 0.326 e. The normalized spacial score (nSPS) is 12.5. The lowest BCUT2D eigenvalue weighted by atomic mass is 10.0. The maximum atomic E-state index is 13.5. The molecule has 2 aromatic carbocycles. The highest BCUT2D eigenvalue weighted by Crippen LogP contribution is 2.19. The van der Waals surface area contributed by atoms with Gasteiger partial charge in [0.1, 0.15) is 12.1 Å². The van der Waals surface area contributed by atoms with Gasteiger partial charge in [-0.05, 0) is 17.2 Å². The molecule has 30 heavy (non-hydrogen) atoms. The third-order valence-electron chi connectivity index (χ3n) is 4.24. The predicted molar refractivity (Wildman–Crippen MR) is 104 cm³/mol. The van der Waals surface area contributed by atoms with Gasteiger partial charge in [-0.3, -0.25) is 19.7 Å². The average molecular weight is 417 g/mol.